The quantitative estimate of drug-likeness (QED) is 0.402. The number of phenols is 1. The third-order valence-electron chi connectivity index (χ3n) is 4.19. The molecule has 0 saturated heterocycles. The molecule has 0 aliphatic heterocycles. The third kappa shape index (κ3) is 4.04. The molecule has 0 bridgehead atoms. The first-order chi connectivity index (χ1) is 14.6. The van der Waals surface area contributed by atoms with Gasteiger partial charge in [0, 0.05) is 0 Å². The van der Waals surface area contributed by atoms with E-state index in [2.05, 4.69) is 20.5 Å². The largest absolute Gasteiger partial charge is 0.508 e. The van der Waals surface area contributed by atoms with Crippen molar-refractivity contribution in [1.29, 1.82) is 0 Å². The molecular formula is C21H15N5O4. The lowest BCUT2D eigenvalue weighted by Crippen LogP contribution is -2.26. The zero-order valence-corrected chi connectivity index (χ0v) is 15.5. The maximum absolute atomic E-state index is 12.5. The minimum atomic E-state index is -0.683. The van der Waals surface area contributed by atoms with Gasteiger partial charge in [0.1, 0.15) is 17.0 Å². The number of nitrogens with zero attached hydrogens (tertiary/aromatic N) is 5. The average Bonchev–Trinajstić information content (AvgIpc) is 2.78. The van der Waals surface area contributed by atoms with Crippen molar-refractivity contribution in [3.05, 3.63) is 88.7 Å². The molecule has 0 amide bonds. The predicted molar refractivity (Wildman–Crippen MR) is 108 cm³/mol. The number of hydrogen-bond donors (Lipinski definition) is 1. The number of carbonyl (C=O) groups excluding carboxylic acids is 1. The van der Waals surface area contributed by atoms with E-state index in [0.29, 0.717) is 22.3 Å². The number of esters is 1. The van der Waals surface area contributed by atoms with Crippen molar-refractivity contribution in [2.24, 2.45) is 10.2 Å². The van der Waals surface area contributed by atoms with E-state index in [-0.39, 0.29) is 18.0 Å². The minimum Gasteiger partial charge on any atom is -0.508 e. The van der Waals surface area contributed by atoms with E-state index in [0.717, 1.165) is 4.68 Å². The number of fused-ring (bicyclic) bond motifs is 1. The second-order valence-corrected chi connectivity index (χ2v) is 6.21. The van der Waals surface area contributed by atoms with Crippen LogP contribution in [0.1, 0.15) is 10.4 Å². The second kappa shape index (κ2) is 8.31. The molecule has 0 atom stereocenters. The predicted octanol–water partition coefficient (Wildman–Crippen LogP) is 3.73. The van der Waals surface area contributed by atoms with Crippen LogP contribution in [0, 0.1) is 0 Å². The lowest BCUT2D eigenvalue weighted by atomic mass is 10.2. The SMILES string of the molecule is O=C(OCn1nnc2ccccc2c1=O)c1ccccc1N=Nc1ccc(O)cc1. The summed E-state index contributed by atoms with van der Waals surface area (Å²) in [6.45, 7) is -0.390. The number of benzene rings is 3. The molecule has 148 valence electrons. The van der Waals surface area contributed by atoms with E-state index in [1.807, 2.05) is 0 Å². The van der Waals surface area contributed by atoms with Crippen molar-refractivity contribution in [1.82, 2.24) is 15.0 Å². The zero-order chi connectivity index (χ0) is 20.9. The van der Waals surface area contributed by atoms with Crippen LogP contribution in [-0.2, 0) is 11.5 Å². The summed E-state index contributed by atoms with van der Waals surface area (Å²) in [4.78, 5) is 25.0. The standard InChI is InChI=1S/C21H15N5O4/c27-15-11-9-14(10-12-15)22-23-19-8-4-2-6-17(19)21(29)30-13-26-20(28)16-5-1-3-7-18(16)24-25-26/h1-12,27H,13H2. The van der Waals surface area contributed by atoms with Gasteiger partial charge in [-0.2, -0.15) is 9.80 Å². The van der Waals surface area contributed by atoms with Crippen LogP contribution < -0.4 is 5.56 Å². The van der Waals surface area contributed by atoms with Crippen molar-refractivity contribution in [3.8, 4) is 5.75 Å². The Hall–Kier alpha value is -4.40. The normalized spacial score (nSPS) is 11.1. The first-order valence-electron chi connectivity index (χ1n) is 8.91. The number of aromatic hydroxyl groups is 1. The average molecular weight is 401 g/mol. The highest BCUT2D eigenvalue weighted by molar-refractivity contribution is 5.94. The van der Waals surface area contributed by atoms with Gasteiger partial charge in [-0.05, 0) is 48.5 Å². The van der Waals surface area contributed by atoms with Crippen LogP contribution in [-0.4, -0.2) is 26.1 Å². The third-order valence-corrected chi connectivity index (χ3v) is 4.19. The summed E-state index contributed by atoms with van der Waals surface area (Å²) in [5, 5.41) is 25.6. The van der Waals surface area contributed by atoms with E-state index in [1.165, 1.54) is 12.1 Å². The number of carbonyl (C=O) groups is 1. The summed E-state index contributed by atoms with van der Waals surface area (Å²) in [5.41, 5.74) is 1.04. The molecule has 9 nitrogen and oxygen atoms in total. The van der Waals surface area contributed by atoms with Gasteiger partial charge in [0.2, 0.25) is 0 Å². The van der Waals surface area contributed by atoms with Crippen LogP contribution in [0.3, 0.4) is 0 Å². The number of hydrogen-bond acceptors (Lipinski definition) is 8. The molecule has 0 saturated carbocycles. The first kappa shape index (κ1) is 18.9. The van der Waals surface area contributed by atoms with E-state index in [9.17, 15) is 14.7 Å². The first-order valence-corrected chi connectivity index (χ1v) is 8.91. The Morgan fingerprint density at radius 3 is 2.53 bits per heavy atom. The Kier molecular flexibility index (Phi) is 5.25. The van der Waals surface area contributed by atoms with E-state index < -0.39 is 11.5 Å². The number of phenolic OH excluding ortho intramolecular Hbond substituents is 1. The maximum atomic E-state index is 12.5. The molecule has 1 aromatic heterocycles. The van der Waals surface area contributed by atoms with Gasteiger partial charge in [-0.1, -0.05) is 29.5 Å². The molecule has 1 N–H and O–H groups in total. The van der Waals surface area contributed by atoms with Crippen LogP contribution in [0.4, 0.5) is 11.4 Å². The van der Waals surface area contributed by atoms with Gasteiger partial charge in [-0.15, -0.1) is 10.2 Å². The van der Waals surface area contributed by atoms with Gasteiger partial charge in [0.15, 0.2) is 6.73 Å². The van der Waals surface area contributed by atoms with Crippen LogP contribution in [0.15, 0.2) is 87.8 Å². The summed E-state index contributed by atoms with van der Waals surface area (Å²) < 4.78 is 6.21. The van der Waals surface area contributed by atoms with Crippen molar-refractivity contribution in [3.63, 3.8) is 0 Å². The van der Waals surface area contributed by atoms with Crippen LogP contribution in [0.2, 0.25) is 0 Å². The molecule has 0 unspecified atom stereocenters. The van der Waals surface area contributed by atoms with E-state index in [1.54, 1.807) is 60.7 Å². The molecule has 4 aromatic rings. The smallest absolute Gasteiger partial charge is 0.342 e. The topological polar surface area (TPSA) is 119 Å². The van der Waals surface area contributed by atoms with Crippen LogP contribution >= 0.6 is 0 Å². The highest BCUT2D eigenvalue weighted by Crippen LogP contribution is 2.24. The fraction of sp³-hybridized carbons (Fsp3) is 0.0476. The number of rotatable bonds is 5. The molecule has 0 aliphatic rings. The van der Waals surface area contributed by atoms with Crippen LogP contribution in [0.25, 0.3) is 10.9 Å². The molecule has 0 aliphatic carbocycles. The van der Waals surface area contributed by atoms with Crippen molar-refractivity contribution in [2.75, 3.05) is 0 Å². The van der Waals surface area contributed by atoms with Gasteiger partial charge in [-0.25, -0.2) is 4.79 Å². The molecule has 4 rings (SSSR count). The Balaban J connectivity index is 1.52. The highest BCUT2D eigenvalue weighted by atomic mass is 16.5. The highest BCUT2D eigenvalue weighted by Gasteiger charge is 2.14. The summed E-state index contributed by atoms with van der Waals surface area (Å²) >= 11 is 0. The van der Waals surface area contributed by atoms with Gasteiger partial charge in [0.25, 0.3) is 5.56 Å². The summed E-state index contributed by atoms with van der Waals surface area (Å²) in [7, 11) is 0. The number of azo groups is 1. The molecule has 30 heavy (non-hydrogen) atoms. The lowest BCUT2D eigenvalue weighted by Gasteiger charge is -2.08. The summed E-state index contributed by atoms with van der Waals surface area (Å²) in [6.07, 6.45) is 0. The number of aromatic nitrogens is 3. The van der Waals surface area contributed by atoms with Gasteiger partial charge in [-0.3, -0.25) is 4.79 Å². The van der Waals surface area contributed by atoms with E-state index >= 15 is 0 Å². The fourth-order valence-electron chi connectivity index (χ4n) is 2.67. The monoisotopic (exact) mass is 401 g/mol. The fourth-order valence-corrected chi connectivity index (χ4v) is 2.67. The Morgan fingerprint density at radius 2 is 1.70 bits per heavy atom. The maximum Gasteiger partial charge on any atom is 0.342 e. The van der Waals surface area contributed by atoms with E-state index in [4.69, 9.17) is 4.74 Å². The second-order valence-electron chi connectivity index (χ2n) is 6.21. The Bertz CT molecular complexity index is 1300. The van der Waals surface area contributed by atoms with Crippen molar-refractivity contribution < 1.29 is 14.6 Å². The molecule has 3 aromatic carbocycles. The molecule has 0 spiro atoms. The molecule has 0 radical (unpaired) electrons. The number of ether oxygens (including phenoxy) is 1. The molecule has 9 heteroatoms. The van der Waals surface area contributed by atoms with Gasteiger partial charge < -0.3 is 9.84 Å². The van der Waals surface area contributed by atoms with Gasteiger partial charge in [0.05, 0.1) is 16.6 Å². The molecule has 0 fully saturated rings. The van der Waals surface area contributed by atoms with Crippen molar-refractivity contribution in [2.45, 2.75) is 6.73 Å². The Labute approximate surface area is 169 Å². The summed E-state index contributed by atoms with van der Waals surface area (Å²) in [5.74, 6) is -0.568. The Morgan fingerprint density at radius 1 is 0.967 bits per heavy atom. The minimum absolute atomic E-state index is 0.116. The van der Waals surface area contributed by atoms with Crippen LogP contribution in [0.5, 0.6) is 5.75 Å². The summed E-state index contributed by atoms with van der Waals surface area (Å²) in [6, 6.07) is 19.5. The molecular weight excluding hydrogens is 386 g/mol. The zero-order valence-electron chi connectivity index (χ0n) is 15.5. The molecule has 1 heterocycles. The lowest BCUT2D eigenvalue weighted by molar-refractivity contribution is 0.0337. The van der Waals surface area contributed by atoms with Gasteiger partial charge >= 0.3 is 5.97 Å². The van der Waals surface area contributed by atoms with Crippen molar-refractivity contribution >= 4 is 28.2 Å².